The molecule has 3 heteroatoms. The molecule has 0 unspecified atom stereocenters. The number of para-hydroxylation sites is 1. The molecule has 0 aliphatic carbocycles. The summed E-state index contributed by atoms with van der Waals surface area (Å²) < 4.78 is 0. The minimum absolute atomic E-state index is 0.0360. The van der Waals surface area contributed by atoms with E-state index in [2.05, 4.69) is 30.2 Å². The molecule has 2 rings (SSSR count). The number of nitrogens with zero attached hydrogens (tertiary/aromatic N) is 1. The zero-order valence-electron chi connectivity index (χ0n) is 10.9. The number of fused-ring (bicyclic) bond motifs is 1. The van der Waals surface area contributed by atoms with Crippen molar-refractivity contribution >= 4 is 28.2 Å². The second kappa shape index (κ2) is 5.57. The van der Waals surface area contributed by atoms with Crippen molar-refractivity contribution in [3.63, 3.8) is 0 Å². The molecule has 0 atom stereocenters. The van der Waals surface area contributed by atoms with Crippen LogP contribution in [0.25, 0.3) is 10.9 Å². The molecule has 2 nitrogen and oxygen atoms in total. The first kappa shape index (κ1) is 13.2. The number of pyridine rings is 1. The van der Waals surface area contributed by atoms with Crippen molar-refractivity contribution in [2.24, 2.45) is 0 Å². The fourth-order valence-corrected chi connectivity index (χ4v) is 2.58. The molecule has 0 radical (unpaired) electrons. The molecule has 0 spiro atoms. The third-order valence-electron chi connectivity index (χ3n) is 3.66. The van der Waals surface area contributed by atoms with Gasteiger partial charge in [0.05, 0.1) is 11.1 Å². The minimum Gasteiger partial charge on any atom is -0.378 e. The summed E-state index contributed by atoms with van der Waals surface area (Å²) in [6, 6.07) is 10.2. The van der Waals surface area contributed by atoms with Gasteiger partial charge in [0.1, 0.15) is 0 Å². The molecule has 1 aromatic carbocycles. The predicted octanol–water partition coefficient (Wildman–Crippen LogP) is 4.44. The molecule has 1 aromatic heterocycles. The fourth-order valence-electron chi connectivity index (χ4n) is 2.14. The van der Waals surface area contributed by atoms with E-state index in [1.54, 1.807) is 0 Å². The second-order valence-electron chi connectivity index (χ2n) is 4.62. The Kier molecular flexibility index (Phi) is 4.07. The molecular weight excluding hydrogens is 244 g/mol. The van der Waals surface area contributed by atoms with Gasteiger partial charge in [-0.3, -0.25) is 4.98 Å². The third-order valence-corrected chi connectivity index (χ3v) is 4.17. The van der Waals surface area contributed by atoms with E-state index in [0.29, 0.717) is 5.88 Å². The Labute approximate surface area is 113 Å². The van der Waals surface area contributed by atoms with Crippen LogP contribution >= 0.6 is 11.6 Å². The zero-order chi connectivity index (χ0) is 13.0. The van der Waals surface area contributed by atoms with Gasteiger partial charge in [-0.05, 0) is 25.0 Å². The van der Waals surface area contributed by atoms with Crippen molar-refractivity contribution in [2.45, 2.75) is 32.2 Å². The maximum atomic E-state index is 6.15. The van der Waals surface area contributed by atoms with E-state index in [9.17, 15) is 0 Å². The van der Waals surface area contributed by atoms with Crippen molar-refractivity contribution in [3.05, 3.63) is 36.5 Å². The van der Waals surface area contributed by atoms with E-state index >= 15 is 0 Å². The Hall–Kier alpha value is -1.28. The Morgan fingerprint density at radius 1 is 1.17 bits per heavy atom. The van der Waals surface area contributed by atoms with Crippen LogP contribution in [0.3, 0.4) is 0 Å². The molecule has 2 aromatic rings. The first-order chi connectivity index (χ1) is 8.74. The van der Waals surface area contributed by atoms with E-state index in [0.717, 1.165) is 29.4 Å². The Balaban J connectivity index is 2.42. The van der Waals surface area contributed by atoms with Crippen LogP contribution in [0.1, 0.15) is 26.7 Å². The predicted molar refractivity (Wildman–Crippen MR) is 79.4 cm³/mol. The zero-order valence-corrected chi connectivity index (χ0v) is 11.7. The van der Waals surface area contributed by atoms with Gasteiger partial charge >= 0.3 is 0 Å². The van der Waals surface area contributed by atoms with Crippen molar-refractivity contribution in [2.75, 3.05) is 11.2 Å². The van der Waals surface area contributed by atoms with Crippen LogP contribution in [-0.2, 0) is 0 Å². The third kappa shape index (κ3) is 2.44. The van der Waals surface area contributed by atoms with Crippen molar-refractivity contribution < 1.29 is 0 Å². The molecule has 0 saturated carbocycles. The van der Waals surface area contributed by atoms with Gasteiger partial charge in [-0.2, -0.15) is 0 Å². The van der Waals surface area contributed by atoms with Gasteiger partial charge in [0.25, 0.3) is 0 Å². The van der Waals surface area contributed by atoms with E-state index in [4.69, 9.17) is 11.6 Å². The van der Waals surface area contributed by atoms with Gasteiger partial charge in [0.15, 0.2) is 0 Å². The molecule has 0 bridgehead atoms. The van der Waals surface area contributed by atoms with Crippen LogP contribution in [0.2, 0.25) is 0 Å². The lowest BCUT2D eigenvalue weighted by atomic mass is 9.94. The van der Waals surface area contributed by atoms with E-state index in [1.165, 1.54) is 0 Å². The molecule has 1 heterocycles. The quantitative estimate of drug-likeness (QED) is 0.806. The largest absolute Gasteiger partial charge is 0.378 e. The molecule has 18 heavy (non-hydrogen) atoms. The second-order valence-corrected chi connectivity index (χ2v) is 4.89. The fraction of sp³-hybridized carbons (Fsp3) is 0.400. The summed E-state index contributed by atoms with van der Waals surface area (Å²) in [6.07, 6.45) is 3.85. The summed E-state index contributed by atoms with van der Waals surface area (Å²) in [5.74, 6) is 0.608. The highest BCUT2D eigenvalue weighted by Gasteiger charge is 2.25. The number of halogens is 1. The smallest absolute Gasteiger partial charge is 0.0722 e. The summed E-state index contributed by atoms with van der Waals surface area (Å²) in [5, 5.41) is 4.76. The van der Waals surface area contributed by atoms with E-state index in [-0.39, 0.29) is 5.54 Å². The Bertz CT molecular complexity index is 507. The van der Waals surface area contributed by atoms with Gasteiger partial charge in [0.2, 0.25) is 0 Å². The summed E-state index contributed by atoms with van der Waals surface area (Å²) >= 11 is 6.15. The summed E-state index contributed by atoms with van der Waals surface area (Å²) in [7, 11) is 0. The monoisotopic (exact) mass is 262 g/mol. The number of alkyl halides is 1. The topological polar surface area (TPSA) is 24.9 Å². The van der Waals surface area contributed by atoms with Crippen LogP contribution in [0.5, 0.6) is 0 Å². The van der Waals surface area contributed by atoms with Gasteiger partial charge in [-0.25, -0.2) is 0 Å². The number of aromatic nitrogens is 1. The number of hydrogen-bond donors (Lipinski definition) is 1. The van der Waals surface area contributed by atoms with Crippen LogP contribution in [-0.4, -0.2) is 16.4 Å². The van der Waals surface area contributed by atoms with Crippen LogP contribution in [0.15, 0.2) is 36.5 Å². The highest BCUT2D eigenvalue weighted by atomic mass is 35.5. The van der Waals surface area contributed by atoms with Crippen LogP contribution in [0.4, 0.5) is 5.69 Å². The Morgan fingerprint density at radius 2 is 1.89 bits per heavy atom. The normalized spacial score (nSPS) is 11.7. The summed E-state index contributed by atoms with van der Waals surface area (Å²) in [6.45, 7) is 4.34. The number of nitrogens with one attached hydrogen (secondary N) is 1. The summed E-state index contributed by atoms with van der Waals surface area (Å²) in [5.41, 5.74) is 2.09. The first-order valence-corrected chi connectivity index (χ1v) is 6.96. The van der Waals surface area contributed by atoms with Crippen molar-refractivity contribution in [1.29, 1.82) is 0 Å². The van der Waals surface area contributed by atoms with Crippen LogP contribution in [0, 0.1) is 0 Å². The maximum absolute atomic E-state index is 6.15. The SMILES string of the molecule is CCC(CC)(CCl)Nc1ccnc2ccccc12. The maximum Gasteiger partial charge on any atom is 0.0722 e. The minimum atomic E-state index is -0.0360. The number of rotatable bonds is 5. The highest BCUT2D eigenvalue weighted by Crippen LogP contribution is 2.28. The van der Waals surface area contributed by atoms with Crippen LogP contribution < -0.4 is 5.32 Å². The standard InChI is InChI=1S/C15H19ClN2/c1-3-15(4-2,11-16)18-14-9-10-17-13-8-6-5-7-12(13)14/h5-10H,3-4,11H2,1-2H3,(H,17,18). The number of anilines is 1. The first-order valence-electron chi connectivity index (χ1n) is 6.42. The molecule has 0 amide bonds. The van der Waals surface area contributed by atoms with Crippen molar-refractivity contribution in [1.82, 2.24) is 4.98 Å². The van der Waals surface area contributed by atoms with E-state index < -0.39 is 0 Å². The molecule has 0 aliphatic heterocycles. The summed E-state index contributed by atoms with van der Waals surface area (Å²) in [4.78, 5) is 4.38. The molecule has 0 saturated heterocycles. The van der Waals surface area contributed by atoms with Gasteiger partial charge in [0, 0.05) is 23.2 Å². The lowest BCUT2D eigenvalue weighted by Crippen LogP contribution is -2.39. The average Bonchev–Trinajstić information content (AvgIpc) is 2.45. The Morgan fingerprint density at radius 3 is 2.56 bits per heavy atom. The van der Waals surface area contributed by atoms with Gasteiger partial charge in [-0.1, -0.05) is 32.0 Å². The molecule has 0 fully saturated rings. The van der Waals surface area contributed by atoms with Crippen molar-refractivity contribution in [3.8, 4) is 0 Å². The average molecular weight is 263 g/mol. The molecule has 96 valence electrons. The molecular formula is C15H19ClN2. The number of hydrogen-bond acceptors (Lipinski definition) is 2. The van der Waals surface area contributed by atoms with E-state index in [1.807, 2.05) is 30.5 Å². The lowest BCUT2D eigenvalue weighted by Gasteiger charge is -2.32. The number of benzene rings is 1. The van der Waals surface area contributed by atoms with Gasteiger partial charge in [-0.15, -0.1) is 11.6 Å². The van der Waals surface area contributed by atoms with Gasteiger partial charge < -0.3 is 5.32 Å². The lowest BCUT2D eigenvalue weighted by molar-refractivity contribution is 0.485. The highest BCUT2D eigenvalue weighted by molar-refractivity contribution is 6.19. The molecule has 0 aliphatic rings. The molecule has 1 N–H and O–H groups in total.